The Morgan fingerprint density at radius 3 is 2.69 bits per heavy atom. The molecule has 0 saturated carbocycles. The second kappa shape index (κ2) is 9.73. The molecular weight excluding hydrogens is 371 g/mol. The second-order valence-corrected chi connectivity index (χ2v) is 7.47. The molecule has 0 radical (unpaired) electrons. The minimum Gasteiger partial charge on any atom is -0.335 e. The van der Waals surface area contributed by atoms with Gasteiger partial charge in [-0.2, -0.15) is 0 Å². The smallest absolute Gasteiger partial charge is 0.268 e. The number of hydrogen-bond acceptors (Lipinski definition) is 6. The Morgan fingerprint density at radius 2 is 1.93 bits per heavy atom. The van der Waals surface area contributed by atoms with Gasteiger partial charge in [0, 0.05) is 45.3 Å². The number of nitrogens with zero attached hydrogens (tertiary/aromatic N) is 6. The van der Waals surface area contributed by atoms with Crippen molar-refractivity contribution in [3.8, 4) is 0 Å². The van der Waals surface area contributed by atoms with Gasteiger partial charge in [0.2, 0.25) is 0 Å². The van der Waals surface area contributed by atoms with Crippen molar-refractivity contribution in [1.29, 1.82) is 0 Å². The third-order valence-corrected chi connectivity index (χ3v) is 5.17. The number of carbonyl (C=O) groups is 1. The maximum atomic E-state index is 13.7. The summed E-state index contributed by atoms with van der Waals surface area (Å²) in [6, 6.07) is 0. The molecule has 0 aromatic carbocycles. The van der Waals surface area contributed by atoms with E-state index >= 15 is 0 Å². The van der Waals surface area contributed by atoms with E-state index in [-0.39, 0.29) is 5.91 Å². The van der Waals surface area contributed by atoms with Gasteiger partial charge < -0.3 is 14.7 Å². The van der Waals surface area contributed by atoms with Gasteiger partial charge in [-0.25, -0.2) is 19.4 Å². The number of hydrogen-bond donors (Lipinski definition) is 0. The first-order chi connectivity index (χ1) is 14.0. The number of amides is 1. The Morgan fingerprint density at radius 1 is 1.17 bits per heavy atom. The number of anilines is 1. The molecule has 29 heavy (non-hydrogen) atoms. The summed E-state index contributed by atoms with van der Waals surface area (Å²) in [6.45, 7) is 7.36. The van der Waals surface area contributed by atoms with Gasteiger partial charge in [0.25, 0.3) is 5.91 Å². The molecule has 1 atom stereocenters. The van der Waals surface area contributed by atoms with Gasteiger partial charge in [0.1, 0.15) is 23.9 Å². The van der Waals surface area contributed by atoms with Crippen molar-refractivity contribution in [1.82, 2.24) is 19.8 Å². The molecule has 2 aliphatic heterocycles. The predicted molar refractivity (Wildman–Crippen MR) is 113 cm³/mol. The van der Waals surface area contributed by atoms with Gasteiger partial charge in [0.05, 0.1) is 5.69 Å². The summed E-state index contributed by atoms with van der Waals surface area (Å²) in [4.78, 5) is 32.2. The van der Waals surface area contributed by atoms with Crippen LogP contribution < -0.4 is 4.90 Å². The average Bonchev–Trinajstić information content (AvgIpc) is 2.81. The molecule has 1 saturated heterocycles. The third kappa shape index (κ3) is 5.47. The number of aliphatic imine (C=N–C) groups is 1. The van der Waals surface area contributed by atoms with Crippen molar-refractivity contribution in [2.24, 2.45) is 4.99 Å². The molecule has 1 fully saturated rings. The standard InChI is InChI=1S/C21H29FN6O/c1-16-19(25-17(2)21(29)28-13-11-26(3)12-14-28)20(24-15-23-16)27-9-5-4-7-18(22)8-6-10-27/h4,6-7,10,15,18H,5,8-9,11-14H2,1-3H3/b7-4+,10-6+,25-17?. The van der Waals surface area contributed by atoms with Crippen molar-refractivity contribution in [2.75, 3.05) is 44.7 Å². The summed E-state index contributed by atoms with van der Waals surface area (Å²) in [5.41, 5.74) is 1.70. The Bertz CT molecular complexity index is 813. The molecule has 3 heterocycles. The lowest BCUT2D eigenvalue weighted by Crippen LogP contribution is -2.48. The summed E-state index contributed by atoms with van der Waals surface area (Å²) in [5, 5.41) is 0. The number of piperazine rings is 1. The van der Waals surface area contributed by atoms with Crippen LogP contribution in [0.4, 0.5) is 15.9 Å². The molecule has 0 aliphatic carbocycles. The van der Waals surface area contributed by atoms with Crippen LogP contribution in [0, 0.1) is 6.92 Å². The fraction of sp³-hybridized carbons (Fsp3) is 0.524. The van der Waals surface area contributed by atoms with Gasteiger partial charge >= 0.3 is 0 Å². The van der Waals surface area contributed by atoms with E-state index in [1.807, 2.05) is 29.0 Å². The van der Waals surface area contributed by atoms with Gasteiger partial charge in [-0.05, 0) is 27.3 Å². The van der Waals surface area contributed by atoms with Gasteiger partial charge in [0.15, 0.2) is 5.82 Å². The number of likely N-dealkylation sites (N-methyl/N-ethyl adjacent to an activating group) is 1. The topological polar surface area (TPSA) is 64.9 Å². The van der Waals surface area contributed by atoms with Gasteiger partial charge in [-0.15, -0.1) is 0 Å². The lowest BCUT2D eigenvalue weighted by Gasteiger charge is -2.32. The average molecular weight is 401 g/mol. The number of alkyl halides is 1. The fourth-order valence-corrected chi connectivity index (χ4v) is 3.35. The molecule has 1 unspecified atom stereocenters. The first-order valence-corrected chi connectivity index (χ1v) is 10.0. The van der Waals surface area contributed by atoms with E-state index in [9.17, 15) is 9.18 Å². The Kier molecular flexibility index (Phi) is 7.09. The van der Waals surface area contributed by atoms with Crippen LogP contribution in [0.15, 0.2) is 35.7 Å². The summed E-state index contributed by atoms with van der Waals surface area (Å²) < 4.78 is 13.7. The van der Waals surface area contributed by atoms with Crippen molar-refractivity contribution in [2.45, 2.75) is 32.9 Å². The van der Waals surface area contributed by atoms with E-state index in [1.165, 1.54) is 6.33 Å². The predicted octanol–water partition coefficient (Wildman–Crippen LogP) is 2.66. The molecule has 0 bridgehead atoms. The summed E-state index contributed by atoms with van der Waals surface area (Å²) in [7, 11) is 2.05. The molecule has 2 aliphatic rings. The number of allylic oxidation sites excluding steroid dienone is 2. The van der Waals surface area contributed by atoms with Crippen molar-refractivity contribution >= 4 is 23.1 Å². The zero-order valence-electron chi connectivity index (χ0n) is 17.4. The van der Waals surface area contributed by atoms with Crippen LogP contribution in [0.5, 0.6) is 0 Å². The molecule has 1 aromatic rings. The van der Waals surface area contributed by atoms with Crippen LogP contribution in [0.1, 0.15) is 25.5 Å². The van der Waals surface area contributed by atoms with Gasteiger partial charge in [-0.1, -0.05) is 18.2 Å². The Hall–Kier alpha value is -2.61. The van der Waals surface area contributed by atoms with E-state index in [0.29, 0.717) is 55.4 Å². The van der Waals surface area contributed by atoms with Crippen LogP contribution >= 0.6 is 0 Å². The van der Waals surface area contributed by atoms with E-state index in [0.717, 1.165) is 13.1 Å². The fourth-order valence-electron chi connectivity index (χ4n) is 3.35. The highest BCUT2D eigenvalue weighted by Crippen LogP contribution is 2.30. The normalized spacial score (nSPS) is 23.9. The molecule has 7 nitrogen and oxygen atoms in total. The monoisotopic (exact) mass is 400 g/mol. The quantitative estimate of drug-likeness (QED) is 0.577. The Balaban J connectivity index is 1.86. The van der Waals surface area contributed by atoms with E-state index in [2.05, 4.69) is 26.9 Å². The summed E-state index contributed by atoms with van der Waals surface area (Å²) in [6.07, 6.45) is 8.62. The highest BCUT2D eigenvalue weighted by atomic mass is 19.1. The molecule has 156 valence electrons. The molecule has 3 rings (SSSR count). The number of halogens is 1. The number of rotatable bonds is 3. The van der Waals surface area contributed by atoms with E-state index < -0.39 is 6.17 Å². The van der Waals surface area contributed by atoms with E-state index in [4.69, 9.17) is 0 Å². The number of carbonyl (C=O) groups excluding carboxylic acids is 1. The van der Waals surface area contributed by atoms with Crippen LogP contribution in [-0.4, -0.2) is 77.3 Å². The maximum Gasteiger partial charge on any atom is 0.268 e. The van der Waals surface area contributed by atoms with E-state index in [1.54, 1.807) is 19.1 Å². The van der Waals surface area contributed by atoms with Crippen LogP contribution in [0.25, 0.3) is 0 Å². The van der Waals surface area contributed by atoms with Crippen LogP contribution in [0.3, 0.4) is 0 Å². The lowest BCUT2D eigenvalue weighted by atomic mass is 10.2. The largest absolute Gasteiger partial charge is 0.335 e. The first kappa shape index (κ1) is 21.1. The zero-order valence-corrected chi connectivity index (χ0v) is 17.4. The highest BCUT2D eigenvalue weighted by Gasteiger charge is 2.22. The molecule has 8 heteroatoms. The molecule has 1 amide bonds. The van der Waals surface area contributed by atoms with Crippen LogP contribution in [0.2, 0.25) is 0 Å². The highest BCUT2D eigenvalue weighted by molar-refractivity contribution is 6.38. The molecular formula is C21H29FN6O. The lowest BCUT2D eigenvalue weighted by molar-refractivity contribution is -0.125. The van der Waals surface area contributed by atoms with Crippen molar-refractivity contribution in [3.63, 3.8) is 0 Å². The molecule has 0 N–H and O–H groups in total. The second-order valence-electron chi connectivity index (χ2n) is 7.47. The van der Waals surface area contributed by atoms with Crippen molar-refractivity contribution in [3.05, 3.63) is 36.4 Å². The minimum atomic E-state index is -0.973. The molecule has 0 spiro atoms. The summed E-state index contributed by atoms with van der Waals surface area (Å²) >= 11 is 0. The molecule has 1 aromatic heterocycles. The van der Waals surface area contributed by atoms with Crippen LogP contribution in [-0.2, 0) is 4.79 Å². The maximum absolute atomic E-state index is 13.7. The number of aryl methyl sites for hydroxylation is 1. The van der Waals surface area contributed by atoms with Gasteiger partial charge in [-0.3, -0.25) is 4.79 Å². The minimum absolute atomic E-state index is 0.0597. The SMILES string of the molecule is CC(=Nc1c(C)ncnc1N1/C=C/CC(F)/C=C/CC1)C(=O)N1CCN(C)CC1. The van der Waals surface area contributed by atoms with Crippen molar-refractivity contribution < 1.29 is 9.18 Å². The first-order valence-electron chi connectivity index (χ1n) is 10.0. The number of aromatic nitrogens is 2. The summed E-state index contributed by atoms with van der Waals surface area (Å²) in [5.74, 6) is 0.570. The third-order valence-electron chi connectivity index (χ3n) is 5.17. The zero-order chi connectivity index (χ0) is 20.8. The Labute approximate surface area is 171 Å².